The van der Waals surface area contributed by atoms with Crippen LogP contribution in [0.5, 0.6) is 0 Å². The molecule has 0 amide bonds. The van der Waals surface area contributed by atoms with E-state index in [0.717, 1.165) is 77.6 Å². The van der Waals surface area contributed by atoms with Crippen LogP contribution in [-0.4, -0.2) is 0 Å². The zero-order valence-electron chi connectivity index (χ0n) is 40.4. The molecule has 0 N–H and O–H groups in total. The average Bonchev–Trinajstić information content (AvgIpc) is 4.18. The van der Waals surface area contributed by atoms with Crippen molar-refractivity contribution in [2.45, 2.75) is 24.7 Å². The first kappa shape index (κ1) is 41.6. The first-order valence-electron chi connectivity index (χ1n) is 25.3. The Morgan fingerprint density at radius 3 is 1.73 bits per heavy atom. The van der Waals surface area contributed by atoms with Gasteiger partial charge >= 0.3 is 0 Å². The van der Waals surface area contributed by atoms with E-state index in [4.69, 9.17) is 8.83 Å². The molecule has 0 fully saturated rings. The van der Waals surface area contributed by atoms with Crippen molar-refractivity contribution in [2.24, 2.45) is 0 Å². The van der Waals surface area contributed by atoms with Crippen molar-refractivity contribution in [3.8, 4) is 44.5 Å². The predicted molar refractivity (Wildman–Crippen MR) is 301 cm³/mol. The molecule has 0 spiro atoms. The number of para-hydroxylation sites is 1. The minimum absolute atomic E-state index is 0.192. The standard InChI is InChI=1S/C70H47NO2/c1-69(2)56-33-15-12-29-50(56)51-40-39-49(42-59(51)69)71(48-28-18-23-45(41-48)44-21-6-3-7-22-44)60-36-20-38-62-65(60)55-43-63-66(53-31-14-17-37-61(53)72-63)67(68(55)73-62)54-32-19-35-58-64(54)52-30-13-16-34-57(52)70(58,46-24-8-4-9-25-46)47-26-10-5-11-27-47/h3-43H,1-2H3. The Kier molecular flexibility index (Phi) is 8.92. The SMILES string of the molecule is CC1(C)c2ccccc2-c2ccc(N(c3cccc(-c4ccccc4)c3)c3cccc4oc5c(-c6cccc7c6-c6ccccc6C7(c6ccccc6)c6ccccc6)c6c(cc5c34)oc3ccccc36)cc21. The fourth-order valence-corrected chi connectivity index (χ4v) is 13.0. The number of hydrogen-bond acceptors (Lipinski definition) is 3. The van der Waals surface area contributed by atoms with Crippen molar-refractivity contribution >= 4 is 60.9 Å². The zero-order chi connectivity index (χ0) is 48.4. The molecule has 15 rings (SSSR count). The second-order valence-corrected chi connectivity index (χ2v) is 20.3. The highest BCUT2D eigenvalue weighted by atomic mass is 16.3. The van der Waals surface area contributed by atoms with Crippen molar-refractivity contribution in [3.63, 3.8) is 0 Å². The lowest BCUT2D eigenvalue weighted by atomic mass is 9.67. The second-order valence-electron chi connectivity index (χ2n) is 20.3. The minimum Gasteiger partial charge on any atom is -0.456 e. The fraction of sp³-hybridized carbons (Fsp3) is 0.0571. The molecule has 2 aliphatic rings. The molecule has 2 aliphatic carbocycles. The van der Waals surface area contributed by atoms with Crippen LogP contribution in [0.1, 0.15) is 47.2 Å². The molecule has 2 heterocycles. The summed E-state index contributed by atoms with van der Waals surface area (Å²) in [4.78, 5) is 2.44. The number of benzene rings is 11. The molecule has 73 heavy (non-hydrogen) atoms. The number of furan rings is 2. The van der Waals surface area contributed by atoms with Crippen molar-refractivity contribution in [2.75, 3.05) is 4.90 Å². The summed E-state index contributed by atoms with van der Waals surface area (Å²) >= 11 is 0. The highest BCUT2D eigenvalue weighted by Gasteiger charge is 2.47. The summed E-state index contributed by atoms with van der Waals surface area (Å²) < 4.78 is 14.5. The van der Waals surface area contributed by atoms with Gasteiger partial charge in [0.25, 0.3) is 0 Å². The van der Waals surface area contributed by atoms with E-state index in [1.54, 1.807) is 0 Å². The third-order valence-corrected chi connectivity index (χ3v) is 16.1. The monoisotopic (exact) mass is 933 g/mol. The summed E-state index contributed by atoms with van der Waals surface area (Å²) in [6.07, 6.45) is 0. The van der Waals surface area contributed by atoms with E-state index < -0.39 is 5.41 Å². The number of nitrogens with zero attached hydrogens (tertiary/aromatic N) is 1. The van der Waals surface area contributed by atoms with Gasteiger partial charge in [0.2, 0.25) is 0 Å². The summed E-state index contributed by atoms with van der Waals surface area (Å²) in [5.41, 5.74) is 22.7. The zero-order valence-corrected chi connectivity index (χ0v) is 40.4. The van der Waals surface area contributed by atoms with Gasteiger partial charge in [0, 0.05) is 38.5 Å². The van der Waals surface area contributed by atoms with E-state index in [9.17, 15) is 0 Å². The van der Waals surface area contributed by atoms with Gasteiger partial charge < -0.3 is 13.7 Å². The molecule has 3 heteroatoms. The van der Waals surface area contributed by atoms with Crippen molar-refractivity contribution in [1.82, 2.24) is 0 Å². The maximum Gasteiger partial charge on any atom is 0.144 e. The Labute approximate surface area is 423 Å². The molecule has 13 aromatic rings. The molecule has 0 unspecified atom stereocenters. The quantitative estimate of drug-likeness (QED) is 0.159. The van der Waals surface area contributed by atoms with E-state index in [-0.39, 0.29) is 5.41 Å². The topological polar surface area (TPSA) is 29.5 Å². The van der Waals surface area contributed by atoms with Crippen LogP contribution >= 0.6 is 0 Å². The third-order valence-electron chi connectivity index (χ3n) is 16.1. The van der Waals surface area contributed by atoms with E-state index in [2.05, 4.69) is 267 Å². The largest absolute Gasteiger partial charge is 0.456 e. The van der Waals surface area contributed by atoms with Crippen LogP contribution in [0.2, 0.25) is 0 Å². The molecular weight excluding hydrogens is 887 g/mol. The molecule has 11 aromatic carbocycles. The molecule has 0 saturated carbocycles. The van der Waals surface area contributed by atoms with Crippen LogP contribution in [0.4, 0.5) is 17.1 Å². The van der Waals surface area contributed by atoms with E-state index >= 15 is 0 Å². The van der Waals surface area contributed by atoms with Gasteiger partial charge in [-0.15, -0.1) is 0 Å². The number of rotatable bonds is 7. The van der Waals surface area contributed by atoms with Gasteiger partial charge in [-0.1, -0.05) is 214 Å². The smallest absolute Gasteiger partial charge is 0.144 e. The summed E-state index contributed by atoms with van der Waals surface area (Å²) in [7, 11) is 0. The maximum absolute atomic E-state index is 7.47. The van der Waals surface area contributed by atoms with Crippen LogP contribution in [-0.2, 0) is 10.8 Å². The van der Waals surface area contributed by atoms with Gasteiger partial charge in [-0.05, 0) is 121 Å². The molecular formula is C70H47NO2. The Bertz CT molecular complexity index is 4310. The molecule has 0 bridgehead atoms. The Morgan fingerprint density at radius 1 is 0.342 bits per heavy atom. The highest BCUT2D eigenvalue weighted by molar-refractivity contribution is 6.26. The van der Waals surface area contributed by atoms with Gasteiger partial charge in [0.1, 0.15) is 22.3 Å². The van der Waals surface area contributed by atoms with Crippen LogP contribution in [0.25, 0.3) is 88.4 Å². The first-order chi connectivity index (χ1) is 36.0. The summed E-state index contributed by atoms with van der Waals surface area (Å²) in [6, 6.07) is 90.7. The van der Waals surface area contributed by atoms with Gasteiger partial charge in [-0.2, -0.15) is 0 Å². The van der Waals surface area contributed by atoms with Crippen molar-refractivity contribution in [3.05, 3.63) is 282 Å². The number of anilines is 3. The molecule has 0 saturated heterocycles. The molecule has 3 nitrogen and oxygen atoms in total. The van der Waals surface area contributed by atoms with Crippen LogP contribution in [0.3, 0.4) is 0 Å². The van der Waals surface area contributed by atoms with Crippen LogP contribution in [0, 0.1) is 0 Å². The van der Waals surface area contributed by atoms with Gasteiger partial charge in [-0.3, -0.25) is 0 Å². The lowest BCUT2D eigenvalue weighted by Crippen LogP contribution is -2.28. The minimum atomic E-state index is -0.572. The summed E-state index contributed by atoms with van der Waals surface area (Å²) in [6.45, 7) is 4.71. The van der Waals surface area contributed by atoms with Crippen molar-refractivity contribution < 1.29 is 8.83 Å². The number of hydrogen-bond donors (Lipinski definition) is 0. The maximum atomic E-state index is 7.47. The summed E-state index contributed by atoms with van der Waals surface area (Å²) in [5, 5.41) is 4.11. The Morgan fingerprint density at radius 2 is 0.932 bits per heavy atom. The lowest BCUT2D eigenvalue weighted by Gasteiger charge is -2.34. The Hall–Kier alpha value is -9.18. The molecule has 344 valence electrons. The van der Waals surface area contributed by atoms with Crippen LogP contribution in [0.15, 0.2) is 258 Å². The van der Waals surface area contributed by atoms with E-state index in [1.807, 2.05) is 0 Å². The van der Waals surface area contributed by atoms with Crippen molar-refractivity contribution in [1.29, 1.82) is 0 Å². The molecule has 0 atom stereocenters. The predicted octanol–water partition coefficient (Wildman–Crippen LogP) is 19.0. The summed E-state index contributed by atoms with van der Waals surface area (Å²) in [5.74, 6) is 0. The van der Waals surface area contributed by atoms with Gasteiger partial charge in [0.15, 0.2) is 0 Å². The number of fused-ring (bicyclic) bond motifs is 12. The normalized spacial score (nSPS) is 13.8. The lowest BCUT2D eigenvalue weighted by molar-refractivity contribution is 0.660. The molecule has 2 aromatic heterocycles. The fourth-order valence-electron chi connectivity index (χ4n) is 13.0. The first-order valence-corrected chi connectivity index (χ1v) is 25.3. The van der Waals surface area contributed by atoms with E-state index in [0.29, 0.717) is 0 Å². The third kappa shape index (κ3) is 5.88. The van der Waals surface area contributed by atoms with Gasteiger partial charge in [0.05, 0.1) is 16.5 Å². The average molecular weight is 934 g/mol. The second kappa shape index (κ2) is 15.7. The molecule has 0 radical (unpaired) electrons. The Balaban J connectivity index is 1.04. The molecule has 0 aliphatic heterocycles. The van der Waals surface area contributed by atoms with Crippen LogP contribution < -0.4 is 4.90 Å². The van der Waals surface area contributed by atoms with Gasteiger partial charge in [-0.25, -0.2) is 0 Å². The van der Waals surface area contributed by atoms with E-state index in [1.165, 1.54) is 61.2 Å². The highest BCUT2D eigenvalue weighted by Crippen LogP contribution is 2.60.